The third kappa shape index (κ3) is 6.42. The number of benzene rings is 3. The van der Waals surface area contributed by atoms with Crippen molar-refractivity contribution in [3.63, 3.8) is 0 Å². The molecule has 3 aromatic rings. The van der Waals surface area contributed by atoms with Gasteiger partial charge in [-0.2, -0.15) is 8.42 Å². The molecule has 1 amide bonds. The molecule has 0 aliphatic rings. The van der Waals surface area contributed by atoms with Crippen molar-refractivity contribution >= 4 is 22.0 Å². The van der Waals surface area contributed by atoms with E-state index >= 15 is 0 Å². The Morgan fingerprint density at radius 3 is 2.22 bits per heavy atom. The summed E-state index contributed by atoms with van der Waals surface area (Å²) in [5.74, 6) is -1.64. The Labute approximate surface area is 187 Å². The summed E-state index contributed by atoms with van der Waals surface area (Å²) in [5, 5.41) is 2.62. The highest BCUT2D eigenvalue weighted by molar-refractivity contribution is 7.87. The first-order valence-electron chi connectivity index (χ1n) is 9.89. The quantitative estimate of drug-likeness (QED) is 0.394. The zero-order valence-electron chi connectivity index (χ0n) is 17.4. The van der Waals surface area contributed by atoms with Crippen LogP contribution in [0.15, 0.2) is 89.8 Å². The van der Waals surface area contributed by atoms with Gasteiger partial charge >= 0.3 is 16.1 Å². The number of ether oxygens (including phenoxy) is 1. The molecule has 0 aromatic heterocycles. The number of carbonyl (C=O) groups excluding carboxylic acids is 2. The van der Waals surface area contributed by atoms with Crippen molar-refractivity contribution in [3.05, 3.63) is 96.1 Å². The number of amides is 1. The predicted octanol–water partition coefficient (Wildman–Crippen LogP) is 3.42. The highest BCUT2D eigenvalue weighted by atomic mass is 32.2. The Balaban J connectivity index is 1.80. The van der Waals surface area contributed by atoms with E-state index in [9.17, 15) is 18.0 Å². The fourth-order valence-electron chi connectivity index (χ4n) is 2.96. The van der Waals surface area contributed by atoms with E-state index in [4.69, 9.17) is 8.92 Å². The van der Waals surface area contributed by atoms with E-state index in [1.165, 1.54) is 31.2 Å². The second-order valence-electron chi connectivity index (χ2n) is 7.01. The lowest BCUT2D eigenvalue weighted by Crippen LogP contribution is -2.31. The number of esters is 1. The van der Waals surface area contributed by atoms with Crippen LogP contribution >= 0.6 is 0 Å². The Hall–Kier alpha value is -3.65. The van der Waals surface area contributed by atoms with Crippen LogP contribution in [0.3, 0.4) is 0 Å². The van der Waals surface area contributed by atoms with Gasteiger partial charge in [0.25, 0.3) is 0 Å². The molecule has 0 aliphatic carbocycles. The summed E-state index contributed by atoms with van der Waals surface area (Å²) >= 11 is 0. The molecule has 0 heterocycles. The molecule has 7 nitrogen and oxygen atoms in total. The number of nitrogens with one attached hydrogen (secondary N) is 1. The fraction of sp³-hybridized carbons (Fsp3) is 0.167. The summed E-state index contributed by atoms with van der Waals surface area (Å²) in [7, 11) is -4.03. The van der Waals surface area contributed by atoms with Crippen LogP contribution in [0.2, 0.25) is 0 Å². The normalized spacial score (nSPS) is 11.9. The molecule has 166 valence electrons. The Morgan fingerprint density at radius 1 is 0.906 bits per heavy atom. The van der Waals surface area contributed by atoms with Crippen molar-refractivity contribution in [3.8, 4) is 5.75 Å². The van der Waals surface area contributed by atoms with Gasteiger partial charge < -0.3 is 14.2 Å². The summed E-state index contributed by atoms with van der Waals surface area (Å²) < 4.78 is 35.7. The molecule has 0 fully saturated rings. The molecular formula is C24H23NO6S. The number of carbonyl (C=O) groups is 2. The topological polar surface area (TPSA) is 98.8 Å². The van der Waals surface area contributed by atoms with Gasteiger partial charge in [0.2, 0.25) is 5.91 Å². The molecule has 1 unspecified atom stereocenters. The first kappa shape index (κ1) is 23.0. The molecule has 0 bridgehead atoms. The first-order valence-corrected chi connectivity index (χ1v) is 11.3. The minimum Gasteiger partial charge on any atom is -0.460 e. The highest BCUT2D eigenvalue weighted by Gasteiger charge is 2.24. The van der Waals surface area contributed by atoms with Gasteiger partial charge in [0.05, 0.1) is 5.92 Å². The van der Waals surface area contributed by atoms with E-state index in [2.05, 4.69) is 5.32 Å². The molecule has 8 heteroatoms. The van der Waals surface area contributed by atoms with Crippen LogP contribution in [0.25, 0.3) is 0 Å². The maximum atomic E-state index is 12.8. The molecule has 3 aromatic carbocycles. The van der Waals surface area contributed by atoms with E-state index in [1.54, 1.807) is 30.3 Å². The van der Waals surface area contributed by atoms with Crippen molar-refractivity contribution < 1.29 is 26.9 Å². The van der Waals surface area contributed by atoms with Crippen LogP contribution in [0.4, 0.5) is 0 Å². The number of rotatable bonds is 9. The second-order valence-corrected chi connectivity index (χ2v) is 8.55. The molecule has 1 N–H and O–H groups in total. The summed E-state index contributed by atoms with van der Waals surface area (Å²) in [4.78, 5) is 24.3. The van der Waals surface area contributed by atoms with Gasteiger partial charge in [-0.05, 0) is 35.4 Å². The Kier molecular flexibility index (Phi) is 7.62. The maximum absolute atomic E-state index is 12.8. The van der Waals surface area contributed by atoms with E-state index in [1.807, 2.05) is 30.3 Å². The second kappa shape index (κ2) is 10.6. The standard InChI is InChI=1S/C24H23NO6S/c1-18(26)25-16-23(24(27)30-17-19-9-4-2-5-10-19)20-11-8-12-21(15-20)31-32(28,29)22-13-6-3-7-14-22/h2-15,23H,16-17H2,1H3,(H,25,26). The van der Waals surface area contributed by atoms with Gasteiger partial charge in [0.15, 0.2) is 0 Å². The average molecular weight is 454 g/mol. The SMILES string of the molecule is CC(=O)NCC(C(=O)OCc1ccccc1)c1cccc(OS(=O)(=O)c2ccccc2)c1. The number of hydrogen-bond acceptors (Lipinski definition) is 6. The molecule has 0 saturated carbocycles. The van der Waals surface area contributed by atoms with Crippen LogP contribution in [0.1, 0.15) is 24.0 Å². The molecule has 0 radical (unpaired) electrons. The smallest absolute Gasteiger partial charge is 0.339 e. The third-order valence-corrected chi connectivity index (χ3v) is 5.82. The van der Waals surface area contributed by atoms with Gasteiger partial charge in [-0.1, -0.05) is 60.7 Å². The Bertz CT molecular complexity index is 1160. The van der Waals surface area contributed by atoms with E-state index in [0.717, 1.165) is 5.56 Å². The van der Waals surface area contributed by atoms with Crippen LogP contribution in [-0.4, -0.2) is 26.8 Å². The Morgan fingerprint density at radius 2 is 1.56 bits per heavy atom. The zero-order chi connectivity index (χ0) is 23.0. The molecule has 0 spiro atoms. The minimum absolute atomic E-state index is 0.00214. The average Bonchev–Trinajstić information content (AvgIpc) is 2.79. The first-order chi connectivity index (χ1) is 15.3. The monoisotopic (exact) mass is 453 g/mol. The third-order valence-electron chi connectivity index (χ3n) is 4.56. The molecule has 3 rings (SSSR count). The van der Waals surface area contributed by atoms with Crippen LogP contribution < -0.4 is 9.50 Å². The van der Waals surface area contributed by atoms with Crippen LogP contribution in [-0.2, 0) is 31.1 Å². The summed E-state index contributed by atoms with van der Waals surface area (Å²) in [6.07, 6.45) is 0. The minimum atomic E-state index is -4.03. The number of hydrogen-bond donors (Lipinski definition) is 1. The molecule has 0 aliphatic heterocycles. The van der Waals surface area contributed by atoms with E-state index in [0.29, 0.717) is 5.56 Å². The lowest BCUT2D eigenvalue weighted by molar-refractivity contribution is -0.146. The van der Waals surface area contributed by atoms with Crippen molar-refractivity contribution in [2.24, 2.45) is 0 Å². The van der Waals surface area contributed by atoms with Crippen molar-refractivity contribution in [2.45, 2.75) is 24.3 Å². The fourth-order valence-corrected chi connectivity index (χ4v) is 3.90. The highest BCUT2D eigenvalue weighted by Crippen LogP contribution is 2.25. The largest absolute Gasteiger partial charge is 0.460 e. The van der Waals surface area contributed by atoms with Crippen molar-refractivity contribution in [1.82, 2.24) is 5.32 Å². The van der Waals surface area contributed by atoms with Gasteiger partial charge in [-0.25, -0.2) is 0 Å². The van der Waals surface area contributed by atoms with Crippen molar-refractivity contribution in [2.75, 3.05) is 6.54 Å². The van der Waals surface area contributed by atoms with E-state index < -0.39 is 22.0 Å². The van der Waals surface area contributed by atoms with Gasteiger partial charge in [-0.15, -0.1) is 0 Å². The van der Waals surface area contributed by atoms with Gasteiger partial charge in [-0.3, -0.25) is 9.59 Å². The molecule has 0 saturated heterocycles. The maximum Gasteiger partial charge on any atom is 0.339 e. The van der Waals surface area contributed by atoms with E-state index in [-0.39, 0.29) is 29.7 Å². The lowest BCUT2D eigenvalue weighted by atomic mass is 9.99. The summed E-state index contributed by atoms with van der Waals surface area (Å²) in [5.41, 5.74) is 1.28. The molecule has 1 atom stereocenters. The molecular weight excluding hydrogens is 430 g/mol. The lowest BCUT2D eigenvalue weighted by Gasteiger charge is -2.18. The summed E-state index contributed by atoms with van der Waals surface area (Å²) in [6, 6.07) is 23.1. The van der Waals surface area contributed by atoms with Crippen LogP contribution in [0.5, 0.6) is 5.75 Å². The molecule has 32 heavy (non-hydrogen) atoms. The van der Waals surface area contributed by atoms with Gasteiger partial charge in [0, 0.05) is 13.5 Å². The predicted molar refractivity (Wildman–Crippen MR) is 118 cm³/mol. The zero-order valence-corrected chi connectivity index (χ0v) is 18.2. The summed E-state index contributed by atoms with van der Waals surface area (Å²) in [6.45, 7) is 1.42. The van der Waals surface area contributed by atoms with Crippen molar-refractivity contribution in [1.29, 1.82) is 0 Å². The van der Waals surface area contributed by atoms with Gasteiger partial charge in [0.1, 0.15) is 17.3 Å². The van der Waals surface area contributed by atoms with Crippen LogP contribution in [0, 0.1) is 0 Å².